The molecule has 0 heterocycles. The van der Waals surface area contributed by atoms with Crippen molar-refractivity contribution in [3.8, 4) is 0 Å². The van der Waals surface area contributed by atoms with Gasteiger partial charge in [-0.25, -0.2) is 0 Å². The number of carbonyl (C=O) groups is 1. The molecule has 0 spiro atoms. The van der Waals surface area contributed by atoms with Crippen LogP contribution in [0.2, 0.25) is 0 Å². The van der Waals surface area contributed by atoms with Gasteiger partial charge >= 0.3 is 0 Å². The van der Waals surface area contributed by atoms with Gasteiger partial charge in [0, 0.05) is 15.7 Å². The van der Waals surface area contributed by atoms with Crippen molar-refractivity contribution in [3.05, 3.63) is 63.6 Å². The van der Waals surface area contributed by atoms with Gasteiger partial charge in [0.2, 0.25) is 0 Å². The Morgan fingerprint density at radius 1 is 1.11 bits per heavy atom. The van der Waals surface area contributed by atoms with Crippen LogP contribution in [0, 0.1) is 13.8 Å². The molecule has 0 unspecified atom stereocenters. The third kappa shape index (κ3) is 3.67. The highest BCUT2D eigenvalue weighted by molar-refractivity contribution is 9.10. The number of benzene rings is 2. The first-order valence-electron chi connectivity index (χ1n) is 6.16. The predicted octanol–water partition coefficient (Wildman–Crippen LogP) is 4.36. The highest BCUT2D eigenvalue weighted by Crippen LogP contribution is 2.16. The average Bonchev–Trinajstić information content (AvgIpc) is 2.38. The molecule has 2 aromatic rings. The van der Waals surface area contributed by atoms with E-state index < -0.39 is 0 Å². The SMILES string of the molecule is Cc1ccc(NCC(=O)c2ccc(Br)cc2)c(C)c1. The fraction of sp³-hybridized carbons (Fsp3) is 0.188. The van der Waals surface area contributed by atoms with E-state index in [0.29, 0.717) is 6.54 Å². The van der Waals surface area contributed by atoms with Crippen molar-refractivity contribution in [2.75, 3.05) is 11.9 Å². The summed E-state index contributed by atoms with van der Waals surface area (Å²) in [5, 5.41) is 3.19. The summed E-state index contributed by atoms with van der Waals surface area (Å²) < 4.78 is 0.978. The maximum atomic E-state index is 12.0. The second-order valence-electron chi connectivity index (χ2n) is 4.60. The normalized spacial score (nSPS) is 10.3. The summed E-state index contributed by atoms with van der Waals surface area (Å²) in [7, 11) is 0. The van der Waals surface area contributed by atoms with Crippen molar-refractivity contribution in [1.82, 2.24) is 0 Å². The fourth-order valence-electron chi connectivity index (χ4n) is 1.93. The first kappa shape index (κ1) is 13.8. The zero-order chi connectivity index (χ0) is 13.8. The zero-order valence-corrected chi connectivity index (χ0v) is 12.6. The molecule has 0 aliphatic carbocycles. The highest BCUT2D eigenvalue weighted by atomic mass is 79.9. The van der Waals surface area contributed by atoms with Crippen LogP contribution in [0.4, 0.5) is 5.69 Å². The molecule has 0 amide bonds. The smallest absolute Gasteiger partial charge is 0.181 e. The number of carbonyl (C=O) groups excluding carboxylic acids is 1. The van der Waals surface area contributed by atoms with E-state index in [9.17, 15) is 4.79 Å². The van der Waals surface area contributed by atoms with Crippen molar-refractivity contribution in [2.45, 2.75) is 13.8 Å². The predicted molar refractivity (Wildman–Crippen MR) is 82.9 cm³/mol. The van der Waals surface area contributed by atoms with Gasteiger partial charge in [-0.2, -0.15) is 0 Å². The van der Waals surface area contributed by atoms with E-state index in [1.165, 1.54) is 5.56 Å². The fourth-order valence-corrected chi connectivity index (χ4v) is 2.19. The Labute approximate surface area is 122 Å². The van der Waals surface area contributed by atoms with E-state index in [-0.39, 0.29) is 5.78 Å². The molecule has 1 N–H and O–H groups in total. The molecule has 0 atom stereocenters. The van der Waals surface area contributed by atoms with Crippen LogP contribution in [0.15, 0.2) is 46.9 Å². The standard InChI is InChI=1S/C16H16BrNO/c1-11-3-8-15(12(2)9-11)18-10-16(19)13-4-6-14(17)7-5-13/h3-9,18H,10H2,1-2H3. The first-order chi connectivity index (χ1) is 9.06. The second kappa shape index (κ2) is 6.02. The number of hydrogen-bond acceptors (Lipinski definition) is 2. The lowest BCUT2D eigenvalue weighted by Crippen LogP contribution is -2.14. The molecule has 2 rings (SSSR count). The molecule has 0 saturated heterocycles. The summed E-state index contributed by atoms with van der Waals surface area (Å²) >= 11 is 3.36. The summed E-state index contributed by atoms with van der Waals surface area (Å²) in [5.41, 5.74) is 4.11. The van der Waals surface area contributed by atoms with Crippen LogP contribution in [0.3, 0.4) is 0 Å². The van der Waals surface area contributed by atoms with Gasteiger partial charge in [0.1, 0.15) is 0 Å². The summed E-state index contributed by atoms with van der Waals surface area (Å²) in [6, 6.07) is 13.6. The Morgan fingerprint density at radius 3 is 2.42 bits per heavy atom. The minimum absolute atomic E-state index is 0.0903. The Hall–Kier alpha value is -1.61. The van der Waals surface area contributed by atoms with Crippen molar-refractivity contribution < 1.29 is 4.79 Å². The van der Waals surface area contributed by atoms with Crippen LogP contribution >= 0.6 is 15.9 Å². The summed E-state index contributed by atoms with van der Waals surface area (Å²) in [5.74, 6) is 0.0903. The molecular formula is C16H16BrNO. The number of ketones is 1. The lowest BCUT2D eigenvalue weighted by atomic mass is 10.1. The van der Waals surface area contributed by atoms with E-state index in [0.717, 1.165) is 21.3 Å². The molecule has 0 saturated carbocycles. The molecule has 0 fully saturated rings. The Bertz CT molecular complexity index is 590. The number of halogens is 1. The van der Waals surface area contributed by atoms with Gasteiger partial charge in [-0.05, 0) is 37.6 Å². The molecule has 0 bridgehead atoms. The molecular weight excluding hydrogens is 302 g/mol. The second-order valence-corrected chi connectivity index (χ2v) is 5.52. The first-order valence-corrected chi connectivity index (χ1v) is 6.95. The molecule has 19 heavy (non-hydrogen) atoms. The summed E-state index contributed by atoms with van der Waals surface area (Å²) in [4.78, 5) is 12.0. The number of aryl methyl sites for hydroxylation is 2. The maximum Gasteiger partial charge on any atom is 0.181 e. The van der Waals surface area contributed by atoms with Crippen molar-refractivity contribution in [2.24, 2.45) is 0 Å². The lowest BCUT2D eigenvalue weighted by molar-refractivity contribution is 0.101. The van der Waals surface area contributed by atoms with E-state index in [4.69, 9.17) is 0 Å². The Balaban J connectivity index is 2.02. The minimum atomic E-state index is 0.0903. The molecule has 98 valence electrons. The van der Waals surface area contributed by atoms with E-state index >= 15 is 0 Å². The Kier molecular flexibility index (Phi) is 4.38. The average molecular weight is 318 g/mol. The zero-order valence-electron chi connectivity index (χ0n) is 11.0. The number of hydrogen-bond donors (Lipinski definition) is 1. The highest BCUT2D eigenvalue weighted by Gasteiger charge is 2.06. The minimum Gasteiger partial charge on any atom is -0.377 e. The van der Waals surface area contributed by atoms with Crippen molar-refractivity contribution in [1.29, 1.82) is 0 Å². The largest absolute Gasteiger partial charge is 0.377 e. The number of rotatable bonds is 4. The number of anilines is 1. The van der Waals surface area contributed by atoms with Crippen molar-refractivity contribution >= 4 is 27.4 Å². The lowest BCUT2D eigenvalue weighted by Gasteiger charge is -2.09. The van der Waals surface area contributed by atoms with E-state index in [1.807, 2.05) is 43.3 Å². The third-order valence-corrected chi connectivity index (χ3v) is 3.52. The van der Waals surface area contributed by atoms with Gasteiger partial charge in [-0.15, -0.1) is 0 Å². The molecule has 3 heteroatoms. The monoisotopic (exact) mass is 317 g/mol. The van der Waals surface area contributed by atoms with Gasteiger partial charge in [0.05, 0.1) is 6.54 Å². The maximum absolute atomic E-state index is 12.0. The molecule has 2 aromatic carbocycles. The van der Waals surface area contributed by atoms with E-state index in [1.54, 1.807) is 0 Å². The van der Waals surface area contributed by atoms with Crippen LogP contribution in [0.5, 0.6) is 0 Å². The number of Topliss-reactive ketones (excluding diaryl/α,β-unsaturated/α-hetero) is 1. The van der Waals surface area contributed by atoms with Gasteiger partial charge in [0.25, 0.3) is 0 Å². The molecule has 0 radical (unpaired) electrons. The van der Waals surface area contributed by atoms with Crippen LogP contribution in [0.1, 0.15) is 21.5 Å². The summed E-state index contributed by atoms with van der Waals surface area (Å²) in [6.07, 6.45) is 0. The van der Waals surface area contributed by atoms with Crippen LogP contribution in [-0.4, -0.2) is 12.3 Å². The third-order valence-electron chi connectivity index (χ3n) is 2.99. The summed E-state index contributed by atoms with van der Waals surface area (Å²) in [6.45, 7) is 4.41. The van der Waals surface area contributed by atoms with Gasteiger partial charge in [-0.3, -0.25) is 4.79 Å². The molecule has 2 nitrogen and oxygen atoms in total. The van der Waals surface area contributed by atoms with Gasteiger partial charge < -0.3 is 5.32 Å². The van der Waals surface area contributed by atoms with E-state index in [2.05, 4.69) is 34.2 Å². The van der Waals surface area contributed by atoms with Crippen LogP contribution in [-0.2, 0) is 0 Å². The van der Waals surface area contributed by atoms with Crippen LogP contribution < -0.4 is 5.32 Å². The quantitative estimate of drug-likeness (QED) is 0.849. The Morgan fingerprint density at radius 2 is 1.79 bits per heavy atom. The van der Waals surface area contributed by atoms with Gasteiger partial charge in [-0.1, -0.05) is 45.8 Å². The van der Waals surface area contributed by atoms with Crippen molar-refractivity contribution in [3.63, 3.8) is 0 Å². The molecule has 0 aromatic heterocycles. The molecule has 0 aliphatic heterocycles. The topological polar surface area (TPSA) is 29.1 Å². The number of nitrogens with one attached hydrogen (secondary N) is 1. The van der Waals surface area contributed by atoms with Crippen LogP contribution in [0.25, 0.3) is 0 Å². The molecule has 0 aliphatic rings. The van der Waals surface area contributed by atoms with Gasteiger partial charge in [0.15, 0.2) is 5.78 Å².